The molecule has 150 valence electrons. The molecule has 0 spiro atoms. The summed E-state index contributed by atoms with van der Waals surface area (Å²) in [6.07, 6.45) is 0. The van der Waals surface area contributed by atoms with Crippen LogP contribution in [0.15, 0.2) is 24.3 Å². The van der Waals surface area contributed by atoms with E-state index in [2.05, 4.69) is 48.1 Å². The zero-order valence-corrected chi connectivity index (χ0v) is 18.0. The Morgan fingerprint density at radius 1 is 1.15 bits per heavy atom. The predicted molar refractivity (Wildman–Crippen MR) is 113 cm³/mol. The van der Waals surface area contributed by atoms with E-state index in [0.717, 1.165) is 32.7 Å². The summed E-state index contributed by atoms with van der Waals surface area (Å²) in [6, 6.07) is 7.95. The van der Waals surface area contributed by atoms with Crippen molar-refractivity contribution in [3.8, 4) is 0 Å². The fourth-order valence-corrected chi connectivity index (χ4v) is 2.79. The van der Waals surface area contributed by atoms with Crippen molar-refractivity contribution in [1.29, 1.82) is 0 Å². The fraction of sp³-hybridized carbons (Fsp3) is 0.632. The number of rotatable bonds is 6. The molecule has 2 rings (SSSR count). The summed E-state index contributed by atoms with van der Waals surface area (Å²) in [5.74, 6) is 0.228. The van der Waals surface area contributed by atoms with Gasteiger partial charge in [-0.05, 0) is 37.6 Å². The molecule has 3 N–H and O–H groups in total. The van der Waals surface area contributed by atoms with E-state index in [-0.39, 0.29) is 42.2 Å². The van der Waals surface area contributed by atoms with Crippen LogP contribution >= 0.6 is 24.8 Å². The van der Waals surface area contributed by atoms with Crippen LogP contribution in [-0.4, -0.2) is 61.0 Å². The summed E-state index contributed by atoms with van der Waals surface area (Å²) in [5, 5.41) is 3.08. The Hall–Kier alpha value is -0.850. The molecule has 0 saturated carbocycles. The number of nitrogens with one attached hydrogen (secondary N) is 1. The Bertz CT molecular complexity index is 545. The van der Waals surface area contributed by atoms with E-state index in [1.165, 1.54) is 5.56 Å². The molecule has 1 aromatic carbocycles. The maximum atomic E-state index is 12.5. The Balaban J connectivity index is 0.00000312. The number of nitrogens with zero attached hydrogens (tertiary/aromatic N) is 2. The second-order valence-corrected chi connectivity index (χ2v) is 7.51. The first-order valence-corrected chi connectivity index (χ1v) is 8.86. The number of carbonyl (C=O) groups is 1. The third-order valence-electron chi connectivity index (χ3n) is 5.32. The minimum absolute atomic E-state index is 0. The second kappa shape index (κ2) is 11.1. The highest BCUT2D eigenvalue weighted by molar-refractivity contribution is 5.94. The van der Waals surface area contributed by atoms with Gasteiger partial charge in [0.05, 0.1) is 5.54 Å². The highest BCUT2D eigenvalue weighted by atomic mass is 35.5. The van der Waals surface area contributed by atoms with Crippen LogP contribution in [0, 0.1) is 5.92 Å². The Labute approximate surface area is 170 Å². The monoisotopic (exact) mass is 404 g/mol. The molecule has 0 bridgehead atoms. The minimum Gasteiger partial charge on any atom is -0.345 e. The van der Waals surface area contributed by atoms with E-state index in [9.17, 15) is 4.79 Å². The molecule has 1 unspecified atom stereocenters. The molecule has 5 nitrogen and oxygen atoms in total. The Kier molecular flexibility index (Phi) is 10.7. The van der Waals surface area contributed by atoms with Crippen LogP contribution in [0.4, 0.5) is 0 Å². The smallest absolute Gasteiger partial charge is 0.251 e. The summed E-state index contributed by atoms with van der Waals surface area (Å²) in [6.45, 7) is 12.0. The van der Waals surface area contributed by atoms with E-state index in [0.29, 0.717) is 12.1 Å². The lowest BCUT2D eigenvalue weighted by molar-refractivity contribution is 0.0883. The molecule has 0 aromatic heterocycles. The third-order valence-corrected chi connectivity index (χ3v) is 5.32. The van der Waals surface area contributed by atoms with Crippen molar-refractivity contribution >= 4 is 30.7 Å². The molecule has 26 heavy (non-hydrogen) atoms. The molecular weight excluding hydrogens is 371 g/mol. The summed E-state index contributed by atoms with van der Waals surface area (Å²) in [7, 11) is 2.16. The van der Waals surface area contributed by atoms with Crippen LogP contribution in [0.1, 0.15) is 36.7 Å². The number of hydrogen-bond acceptors (Lipinski definition) is 4. The van der Waals surface area contributed by atoms with Gasteiger partial charge >= 0.3 is 0 Å². The SMILES string of the molecule is CC(C)C(C)(CN)NC(=O)c1ccc(CN2CCN(C)CC2)cc1.Cl.Cl. The van der Waals surface area contributed by atoms with Crippen molar-refractivity contribution in [1.82, 2.24) is 15.1 Å². The number of benzene rings is 1. The lowest BCUT2D eigenvalue weighted by Gasteiger charge is -2.33. The molecule has 1 amide bonds. The normalized spacial score (nSPS) is 17.8. The molecular formula is C19H34Cl2N4O. The summed E-state index contributed by atoms with van der Waals surface area (Å²) < 4.78 is 0. The maximum Gasteiger partial charge on any atom is 0.251 e. The molecule has 7 heteroatoms. The van der Waals surface area contributed by atoms with Gasteiger partial charge in [-0.15, -0.1) is 24.8 Å². The second-order valence-electron chi connectivity index (χ2n) is 7.51. The van der Waals surface area contributed by atoms with Crippen LogP contribution in [0.25, 0.3) is 0 Å². The fourth-order valence-electron chi connectivity index (χ4n) is 2.79. The van der Waals surface area contributed by atoms with Gasteiger partial charge in [0.15, 0.2) is 0 Å². The van der Waals surface area contributed by atoms with Crippen LogP contribution in [-0.2, 0) is 6.54 Å². The van der Waals surface area contributed by atoms with Gasteiger partial charge in [0.2, 0.25) is 0 Å². The number of amides is 1. The largest absolute Gasteiger partial charge is 0.345 e. The minimum atomic E-state index is -0.379. The highest BCUT2D eigenvalue weighted by Crippen LogP contribution is 2.16. The van der Waals surface area contributed by atoms with E-state index in [1.807, 2.05) is 19.1 Å². The topological polar surface area (TPSA) is 61.6 Å². The summed E-state index contributed by atoms with van der Waals surface area (Å²) >= 11 is 0. The van der Waals surface area contributed by atoms with Crippen LogP contribution in [0.2, 0.25) is 0 Å². The van der Waals surface area contributed by atoms with Gasteiger partial charge < -0.3 is 16.0 Å². The van der Waals surface area contributed by atoms with E-state index in [4.69, 9.17) is 5.73 Å². The molecule has 1 heterocycles. The standard InChI is InChI=1S/C19H32N4O.2ClH/c1-15(2)19(3,14-20)21-18(24)17-7-5-16(6-8-17)13-23-11-9-22(4)10-12-23;;/h5-8,15H,9-14,20H2,1-4H3,(H,21,24);2*1H. The van der Waals surface area contributed by atoms with Crippen molar-refractivity contribution in [2.45, 2.75) is 32.9 Å². The molecule has 0 aliphatic carbocycles. The van der Waals surface area contributed by atoms with Crippen LogP contribution in [0.5, 0.6) is 0 Å². The predicted octanol–water partition coefficient (Wildman–Crippen LogP) is 2.38. The van der Waals surface area contributed by atoms with Gasteiger partial charge in [-0.2, -0.15) is 0 Å². The van der Waals surface area contributed by atoms with Crippen molar-refractivity contribution in [2.24, 2.45) is 11.7 Å². The van der Waals surface area contributed by atoms with Gasteiger partial charge in [-0.3, -0.25) is 9.69 Å². The molecule has 1 aliphatic rings. The van der Waals surface area contributed by atoms with Gasteiger partial charge in [-0.25, -0.2) is 0 Å². The molecule has 1 fully saturated rings. The lowest BCUT2D eigenvalue weighted by atomic mass is 9.88. The van der Waals surface area contributed by atoms with Crippen LogP contribution < -0.4 is 11.1 Å². The van der Waals surface area contributed by atoms with Crippen molar-refractivity contribution in [3.05, 3.63) is 35.4 Å². The highest BCUT2D eigenvalue weighted by Gasteiger charge is 2.28. The van der Waals surface area contributed by atoms with E-state index >= 15 is 0 Å². The van der Waals surface area contributed by atoms with Gasteiger partial charge in [0, 0.05) is 44.8 Å². The van der Waals surface area contributed by atoms with Crippen molar-refractivity contribution < 1.29 is 4.79 Å². The zero-order valence-electron chi connectivity index (χ0n) is 16.3. The quantitative estimate of drug-likeness (QED) is 0.763. The van der Waals surface area contributed by atoms with Crippen molar-refractivity contribution in [2.75, 3.05) is 39.8 Å². The first kappa shape index (κ1) is 25.1. The number of likely N-dealkylation sites (N-methyl/N-ethyl adjacent to an activating group) is 1. The first-order valence-electron chi connectivity index (χ1n) is 8.86. The van der Waals surface area contributed by atoms with Crippen molar-refractivity contribution in [3.63, 3.8) is 0 Å². The molecule has 1 aromatic rings. The van der Waals surface area contributed by atoms with Gasteiger partial charge in [-0.1, -0.05) is 26.0 Å². The number of nitrogens with two attached hydrogens (primary N) is 1. The van der Waals surface area contributed by atoms with E-state index < -0.39 is 0 Å². The first-order chi connectivity index (χ1) is 11.3. The molecule has 1 saturated heterocycles. The molecule has 1 atom stereocenters. The number of halogens is 2. The summed E-state index contributed by atoms with van der Waals surface area (Å²) in [5.41, 5.74) is 7.41. The average molecular weight is 405 g/mol. The number of piperazine rings is 1. The van der Waals surface area contributed by atoms with Gasteiger partial charge in [0.25, 0.3) is 5.91 Å². The third kappa shape index (κ3) is 6.71. The maximum absolute atomic E-state index is 12.5. The summed E-state index contributed by atoms with van der Waals surface area (Å²) in [4.78, 5) is 17.3. The lowest BCUT2D eigenvalue weighted by Crippen LogP contribution is -2.55. The Morgan fingerprint density at radius 2 is 1.69 bits per heavy atom. The zero-order chi connectivity index (χ0) is 17.7. The average Bonchev–Trinajstić information content (AvgIpc) is 2.57. The van der Waals surface area contributed by atoms with Gasteiger partial charge in [0.1, 0.15) is 0 Å². The van der Waals surface area contributed by atoms with E-state index in [1.54, 1.807) is 0 Å². The van der Waals surface area contributed by atoms with Crippen LogP contribution in [0.3, 0.4) is 0 Å². The molecule has 0 radical (unpaired) electrons. The Morgan fingerprint density at radius 3 is 2.15 bits per heavy atom. The molecule has 1 aliphatic heterocycles. The number of hydrogen-bond donors (Lipinski definition) is 2. The number of carbonyl (C=O) groups excluding carboxylic acids is 1.